The zero-order chi connectivity index (χ0) is 13.1. The molecule has 0 aromatic carbocycles. The minimum absolute atomic E-state index is 0.136. The van der Waals surface area contributed by atoms with Gasteiger partial charge < -0.3 is 10.6 Å². The molecule has 1 saturated heterocycles. The van der Waals surface area contributed by atoms with Crippen LogP contribution in [0.5, 0.6) is 0 Å². The average molecular weight is 263 g/mol. The maximum atomic E-state index is 12.1. The van der Waals surface area contributed by atoms with E-state index in [2.05, 4.69) is 11.8 Å². The second-order valence-corrected chi connectivity index (χ2v) is 7.18. The quantitative estimate of drug-likeness (QED) is 0.763. The largest absolute Gasteiger partial charge is 0.329 e. The summed E-state index contributed by atoms with van der Waals surface area (Å²) in [6, 6.07) is 0.136. The van der Waals surface area contributed by atoms with E-state index in [-0.39, 0.29) is 12.6 Å². The number of piperidine rings is 1. The summed E-state index contributed by atoms with van der Waals surface area (Å²) in [4.78, 5) is 2.35. The second kappa shape index (κ2) is 6.13. The number of hydrogen-bond acceptors (Lipinski definition) is 4. The molecule has 1 atom stereocenters. The Labute approximate surface area is 105 Å². The van der Waals surface area contributed by atoms with E-state index in [9.17, 15) is 8.42 Å². The molecule has 0 aromatic heterocycles. The second-order valence-electron chi connectivity index (χ2n) is 4.77. The first-order valence-electron chi connectivity index (χ1n) is 6.32. The zero-order valence-electron chi connectivity index (χ0n) is 11.1. The lowest BCUT2D eigenvalue weighted by Crippen LogP contribution is -2.48. The fourth-order valence-electron chi connectivity index (χ4n) is 2.21. The first-order chi connectivity index (χ1) is 7.93. The summed E-state index contributed by atoms with van der Waals surface area (Å²) in [5, 5.41) is -0.489. The molecule has 1 heterocycles. The van der Waals surface area contributed by atoms with Gasteiger partial charge in [-0.05, 0) is 39.4 Å². The zero-order valence-corrected chi connectivity index (χ0v) is 11.9. The lowest BCUT2D eigenvalue weighted by Gasteiger charge is -2.36. The minimum Gasteiger partial charge on any atom is -0.329 e. The number of nitrogens with two attached hydrogens (primary N) is 1. The van der Waals surface area contributed by atoms with Gasteiger partial charge in [0.25, 0.3) is 0 Å². The lowest BCUT2D eigenvalue weighted by molar-refractivity contribution is 0.176. The van der Waals surface area contributed by atoms with E-state index < -0.39 is 15.3 Å². The first kappa shape index (κ1) is 14.9. The van der Waals surface area contributed by atoms with Gasteiger partial charge in [0.1, 0.15) is 0 Å². The summed E-state index contributed by atoms with van der Waals surface area (Å²) >= 11 is 0. The SMILES string of the molecule is CCN1CCC(N(C)S(=O)(=O)C(C)CN)CC1. The number of rotatable bonds is 5. The van der Waals surface area contributed by atoms with Crippen molar-refractivity contribution in [2.45, 2.75) is 38.0 Å². The van der Waals surface area contributed by atoms with Crippen molar-refractivity contribution in [3.63, 3.8) is 0 Å². The average Bonchev–Trinajstić information content (AvgIpc) is 2.36. The number of likely N-dealkylation sites (tertiary alicyclic amines) is 1. The molecule has 0 spiro atoms. The predicted octanol–water partition coefficient (Wildman–Crippen LogP) is 0.0795. The van der Waals surface area contributed by atoms with Crippen molar-refractivity contribution in [3.05, 3.63) is 0 Å². The smallest absolute Gasteiger partial charge is 0.217 e. The molecule has 1 aliphatic rings. The van der Waals surface area contributed by atoms with Gasteiger partial charge in [0, 0.05) is 19.6 Å². The number of nitrogens with zero attached hydrogens (tertiary/aromatic N) is 2. The standard InChI is InChI=1S/C11H25N3O2S/c1-4-14-7-5-11(6-8-14)13(3)17(15,16)10(2)9-12/h10-11H,4-9,12H2,1-3H3. The number of hydrogen-bond donors (Lipinski definition) is 1. The van der Waals surface area contributed by atoms with Crippen molar-refractivity contribution in [2.75, 3.05) is 33.2 Å². The van der Waals surface area contributed by atoms with Crippen LogP contribution in [-0.4, -0.2) is 62.1 Å². The van der Waals surface area contributed by atoms with Crippen LogP contribution in [0.25, 0.3) is 0 Å². The van der Waals surface area contributed by atoms with E-state index >= 15 is 0 Å². The molecule has 1 unspecified atom stereocenters. The summed E-state index contributed by atoms with van der Waals surface area (Å²) < 4.78 is 25.8. The third-order valence-electron chi connectivity index (χ3n) is 3.76. The number of sulfonamides is 1. The molecule has 102 valence electrons. The van der Waals surface area contributed by atoms with E-state index in [0.717, 1.165) is 32.5 Å². The molecule has 0 amide bonds. The topological polar surface area (TPSA) is 66.6 Å². The maximum Gasteiger partial charge on any atom is 0.217 e. The molecule has 0 radical (unpaired) electrons. The van der Waals surface area contributed by atoms with Gasteiger partial charge in [-0.15, -0.1) is 0 Å². The fourth-order valence-corrected chi connectivity index (χ4v) is 3.65. The normalized spacial score (nSPS) is 21.9. The van der Waals surface area contributed by atoms with Gasteiger partial charge in [-0.25, -0.2) is 12.7 Å². The molecule has 2 N–H and O–H groups in total. The van der Waals surface area contributed by atoms with Crippen molar-refractivity contribution in [3.8, 4) is 0 Å². The highest BCUT2D eigenvalue weighted by Crippen LogP contribution is 2.19. The Morgan fingerprint density at radius 2 is 1.94 bits per heavy atom. The Hall–Kier alpha value is -0.170. The molecule has 0 saturated carbocycles. The maximum absolute atomic E-state index is 12.1. The van der Waals surface area contributed by atoms with Crippen LogP contribution in [0, 0.1) is 0 Å². The van der Waals surface area contributed by atoms with Gasteiger partial charge in [-0.2, -0.15) is 0 Å². The van der Waals surface area contributed by atoms with Crippen LogP contribution in [0.2, 0.25) is 0 Å². The van der Waals surface area contributed by atoms with Crippen LogP contribution in [0.4, 0.5) is 0 Å². The summed E-state index contributed by atoms with van der Waals surface area (Å²) in [6.07, 6.45) is 1.84. The van der Waals surface area contributed by atoms with Gasteiger partial charge >= 0.3 is 0 Å². The minimum atomic E-state index is -3.22. The molecule has 17 heavy (non-hydrogen) atoms. The van der Waals surface area contributed by atoms with Gasteiger partial charge in [0.05, 0.1) is 5.25 Å². The molecule has 1 fully saturated rings. The third-order valence-corrected chi connectivity index (χ3v) is 6.07. The molecule has 0 bridgehead atoms. The summed E-state index contributed by atoms with van der Waals surface area (Å²) in [6.45, 7) is 7.00. The predicted molar refractivity (Wildman–Crippen MR) is 70.3 cm³/mol. The van der Waals surface area contributed by atoms with Gasteiger partial charge in [-0.3, -0.25) is 0 Å². The highest BCUT2D eigenvalue weighted by Gasteiger charge is 2.32. The molecule has 1 aliphatic heterocycles. The molecular formula is C11H25N3O2S. The summed E-state index contributed by atoms with van der Waals surface area (Å²) in [5.41, 5.74) is 5.46. The van der Waals surface area contributed by atoms with Crippen molar-refractivity contribution in [1.29, 1.82) is 0 Å². The van der Waals surface area contributed by atoms with E-state index in [1.807, 2.05) is 0 Å². The fraction of sp³-hybridized carbons (Fsp3) is 1.00. The molecule has 0 aliphatic carbocycles. The van der Waals surface area contributed by atoms with Crippen LogP contribution >= 0.6 is 0 Å². The molecule has 1 rings (SSSR count). The van der Waals surface area contributed by atoms with Crippen LogP contribution < -0.4 is 5.73 Å². The molecular weight excluding hydrogens is 238 g/mol. The van der Waals surface area contributed by atoms with Gasteiger partial charge in [-0.1, -0.05) is 6.92 Å². The highest BCUT2D eigenvalue weighted by atomic mass is 32.2. The Bertz CT molecular complexity index is 324. The van der Waals surface area contributed by atoms with E-state index in [1.54, 1.807) is 14.0 Å². The van der Waals surface area contributed by atoms with E-state index in [0.29, 0.717) is 0 Å². The van der Waals surface area contributed by atoms with Crippen LogP contribution in [0.15, 0.2) is 0 Å². The monoisotopic (exact) mass is 263 g/mol. The van der Waals surface area contributed by atoms with E-state index in [4.69, 9.17) is 5.73 Å². The first-order valence-corrected chi connectivity index (χ1v) is 7.83. The van der Waals surface area contributed by atoms with Crippen molar-refractivity contribution in [1.82, 2.24) is 9.21 Å². The van der Waals surface area contributed by atoms with Gasteiger partial charge in [0.2, 0.25) is 10.0 Å². The Kier molecular flexibility index (Phi) is 5.37. The van der Waals surface area contributed by atoms with Crippen molar-refractivity contribution >= 4 is 10.0 Å². The molecule has 5 nitrogen and oxygen atoms in total. The summed E-state index contributed by atoms with van der Waals surface area (Å²) in [5.74, 6) is 0. The summed E-state index contributed by atoms with van der Waals surface area (Å²) in [7, 11) is -1.53. The lowest BCUT2D eigenvalue weighted by atomic mass is 10.1. The van der Waals surface area contributed by atoms with Crippen molar-refractivity contribution in [2.24, 2.45) is 5.73 Å². The van der Waals surface area contributed by atoms with Crippen LogP contribution in [-0.2, 0) is 10.0 Å². The van der Waals surface area contributed by atoms with Crippen LogP contribution in [0.3, 0.4) is 0 Å². The van der Waals surface area contributed by atoms with E-state index in [1.165, 1.54) is 4.31 Å². The third kappa shape index (κ3) is 3.40. The van der Waals surface area contributed by atoms with Gasteiger partial charge in [0.15, 0.2) is 0 Å². The molecule has 0 aromatic rings. The Morgan fingerprint density at radius 3 is 2.35 bits per heavy atom. The Balaban J connectivity index is 2.63. The van der Waals surface area contributed by atoms with Crippen molar-refractivity contribution < 1.29 is 8.42 Å². The Morgan fingerprint density at radius 1 is 1.41 bits per heavy atom. The molecule has 6 heteroatoms. The highest BCUT2D eigenvalue weighted by molar-refractivity contribution is 7.89. The van der Waals surface area contributed by atoms with Crippen LogP contribution in [0.1, 0.15) is 26.7 Å².